The summed E-state index contributed by atoms with van der Waals surface area (Å²) >= 11 is 5.84. The maximum atomic E-state index is 5.84. The molecular weight excluding hydrogens is 274 g/mol. The number of anilines is 1. The van der Waals surface area contributed by atoms with Gasteiger partial charge in [0.15, 0.2) is 11.6 Å². The van der Waals surface area contributed by atoms with Crippen molar-refractivity contribution in [3.63, 3.8) is 0 Å². The highest BCUT2D eigenvalue weighted by Crippen LogP contribution is 2.26. The van der Waals surface area contributed by atoms with Crippen molar-refractivity contribution >= 4 is 17.4 Å². The van der Waals surface area contributed by atoms with Gasteiger partial charge in [-0.2, -0.15) is 0 Å². The lowest BCUT2D eigenvalue weighted by Gasteiger charge is -2.24. The fourth-order valence-corrected chi connectivity index (χ4v) is 2.71. The van der Waals surface area contributed by atoms with Crippen LogP contribution in [0.25, 0.3) is 0 Å². The van der Waals surface area contributed by atoms with Crippen LogP contribution in [0.1, 0.15) is 19.8 Å². The zero-order valence-electron chi connectivity index (χ0n) is 12.2. The minimum absolute atomic E-state index is 0.703. The van der Waals surface area contributed by atoms with Crippen LogP contribution in [-0.2, 0) is 0 Å². The monoisotopic (exact) mass is 297 g/mol. The number of nitrogens with zero attached hydrogens (tertiary/aromatic N) is 3. The Hall–Kier alpha value is -1.00. The van der Waals surface area contributed by atoms with Gasteiger partial charge < -0.3 is 14.5 Å². The summed E-state index contributed by atoms with van der Waals surface area (Å²) in [5.41, 5.74) is 0. The molecule has 1 aromatic rings. The Morgan fingerprint density at radius 3 is 3.00 bits per heavy atom. The SMILES string of the molecule is CCCOc1cccnc1N1CCCN(CCCl)CC1. The van der Waals surface area contributed by atoms with Crippen LogP contribution in [0.5, 0.6) is 5.75 Å². The van der Waals surface area contributed by atoms with E-state index in [1.54, 1.807) is 0 Å². The van der Waals surface area contributed by atoms with Crippen LogP contribution in [0, 0.1) is 0 Å². The molecule has 2 rings (SSSR count). The van der Waals surface area contributed by atoms with Crippen LogP contribution in [-0.4, -0.2) is 55.1 Å². The normalized spacial score (nSPS) is 17.0. The van der Waals surface area contributed by atoms with Gasteiger partial charge >= 0.3 is 0 Å². The van der Waals surface area contributed by atoms with E-state index in [2.05, 4.69) is 21.7 Å². The molecule has 0 aliphatic carbocycles. The Kier molecular flexibility index (Phi) is 6.40. The summed E-state index contributed by atoms with van der Waals surface area (Å²) in [6, 6.07) is 3.95. The van der Waals surface area contributed by atoms with Crippen molar-refractivity contribution in [2.45, 2.75) is 19.8 Å². The van der Waals surface area contributed by atoms with Crippen molar-refractivity contribution in [3.05, 3.63) is 18.3 Å². The van der Waals surface area contributed by atoms with Gasteiger partial charge in [0.05, 0.1) is 6.61 Å². The third-order valence-electron chi connectivity index (χ3n) is 3.50. The molecule has 0 saturated carbocycles. The van der Waals surface area contributed by atoms with Crippen molar-refractivity contribution < 1.29 is 4.74 Å². The Labute approximate surface area is 126 Å². The molecule has 0 aromatic carbocycles. The summed E-state index contributed by atoms with van der Waals surface area (Å²) in [5, 5.41) is 0. The molecule has 1 fully saturated rings. The highest BCUT2D eigenvalue weighted by Gasteiger charge is 2.18. The maximum absolute atomic E-state index is 5.84. The second-order valence-corrected chi connectivity index (χ2v) is 5.42. The fraction of sp³-hybridized carbons (Fsp3) is 0.667. The Balaban J connectivity index is 2.03. The van der Waals surface area contributed by atoms with Crippen LogP contribution in [0.3, 0.4) is 0 Å². The summed E-state index contributed by atoms with van der Waals surface area (Å²) < 4.78 is 5.82. The second-order valence-electron chi connectivity index (χ2n) is 5.04. The third kappa shape index (κ3) is 4.25. The molecule has 1 aliphatic heterocycles. The first kappa shape index (κ1) is 15.4. The largest absolute Gasteiger partial charge is 0.490 e. The van der Waals surface area contributed by atoms with E-state index in [1.165, 1.54) is 0 Å². The molecule has 4 nitrogen and oxygen atoms in total. The molecule has 0 N–H and O–H groups in total. The molecule has 0 radical (unpaired) electrons. The molecule has 1 saturated heterocycles. The molecule has 1 aliphatic rings. The predicted molar refractivity (Wildman–Crippen MR) is 84.0 cm³/mol. The van der Waals surface area contributed by atoms with Crippen LogP contribution in [0.4, 0.5) is 5.82 Å². The van der Waals surface area contributed by atoms with E-state index < -0.39 is 0 Å². The molecular formula is C15H24ClN3O. The number of aromatic nitrogens is 1. The van der Waals surface area contributed by atoms with Crippen molar-refractivity contribution in [1.29, 1.82) is 0 Å². The highest BCUT2D eigenvalue weighted by molar-refractivity contribution is 6.18. The first-order valence-electron chi connectivity index (χ1n) is 7.46. The second kappa shape index (κ2) is 8.32. The van der Waals surface area contributed by atoms with Gasteiger partial charge in [0.25, 0.3) is 0 Å². The molecule has 2 heterocycles. The van der Waals surface area contributed by atoms with Crippen molar-refractivity contribution in [2.24, 2.45) is 0 Å². The zero-order valence-corrected chi connectivity index (χ0v) is 13.0. The summed E-state index contributed by atoms with van der Waals surface area (Å²) in [5.74, 6) is 2.59. The molecule has 0 amide bonds. The molecule has 20 heavy (non-hydrogen) atoms. The maximum Gasteiger partial charge on any atom is 0.171 e. The van der Waals surface area contributed by atoms with Gasteiger partial charge in [0.2, 0.25) is 0 Å². The zero-order chi connectivity index (χ0) is 14.2. The fourth-order valence-electron chi connectivity index (χ4n) is 2.47. The van der Waals surface area contributed by atoms with Crippen LogP contribution < -0.4 is 9.64 Å². The average Bonchev–Trinajstić information content (AvgIpc) is 2.71. The summed E-state index contributed by atoms with van der Waals surface area (Å²) in [4.78, 5) is 9.28. The van der Waals surface area contributed by atoms with Crippen molar-refractivity contribution in [2.75, 3.05) is 50.1 Å². The van der Waals surface area contributed by atoms with Crippen LogP contribution in [0.15, 0.2) is 18.3 Å². The number of ether oxygens (including phenoxy) is 1. The van der Waals surface area contributed by atoms with Gasteiger partial charge in [0.1, 0.15) is 0 Å². The summed E-state index contributed by atoms with van der Waals surface area (Å²) in [6.07, 6.45) is 3.99. The van der Waals surface area contributed by atoms with E-state index >= 15 is 0 Å². The van der Waals surface area contributed by atoms with E-state index in [1.807, 2.05) is 18.3 Å². The Bertz CT molecular complexity index is 402. The van der Waals surface area contributed by atoms with Gasteiger partial charge in [-0.15, -0.1) is 11.6 Å². The van der Waals surface area contributed by atoms with Gasteiger partial charge in [-0.25, -0.2) is 4.98 Å². The van der Waals surface area contributed by atoms with Gasteiger partial charge in [-0.05, 0) is 31.5 Å². The molecule has 5 heteroatoms. The van der Waals surface area contributed by atoms with Gasteiger partial charge in [-0.1, -0.05) is 6.92 Å². The molecule has 112 valence electrons. The number of alkyl halides is 1. The van der Waals surface area contributed by atoms with E-state index in [4.69, 9.17) is 16.3 Å². The minimum atomic E-state index is 0.703. The van der Waals surface area contributed by atoms with Gasteiger partial charge in [0, 0.05) is 38.3 Å². The average molecular weight is 298 g/mol. The molecule has 0 atom stereocenters. The number of halogens is 1. The number of pyridine rings is 1. The Morgan fingerprint density at radius 2 is 2.20 bits per heavy atom. The van der Waals surface area contributed by atoms with Crippen LogP contribution >= 0.6 is 11.6 Å². The van der Waals surface area contributed by atoms with Gasteiger partial charge in [-0.3, -0.25) is 0 Å². The third-order valence-corrected chi connectivity index (χ3v) is 3.67. The van der Waals surface area contributed by atoms with Crippen molar-refractivity contribution in [1.82, 2.24) is 9.88 Å². The number of hydrogen-bond acceptors (Lipinski definition) is 4. The standard InChI is InChI=1S/C15H24ClN3O/c1-2-13-20-14-5-3-7-17-15(14)19-9-4-8-18(10-6-16)11-12-19/h3,5,7H,2,4,6,8-13H2,1H3. The van der Waals surface area contributed by atoms with E-state index in [0.29, 0.717) is 5.88 Å². The van der Waals surface area contributed by atoms with Crippen LogP contribution in [0.2, 0.25) is 0 Å². The Morgan fingerprint density at radius 1 is 1.30 bits per heavy atom. The predicted octanol–water partition coefficient (Wildman–Crippen LogP) is 2.62. The molecule has 0 spiro atoms. The first-order chi connectivity index (χ1) is 9.85. The van der Waals surface area contributed by atoms with Crippen molar-refractivity contribution in [3.8, 4) is 5.75 Å². The van der Waals surface area contributed by atoms with E-state index in [0.717, 1.165) is 63.7 Å². The topological polar surface area (TPSA) is 28.6 Å². The number of hydrogen-bond donors (Lipinski definition) is 0. The lowest BCUT2D eigenvalue weighted by atomic mass is 10.3. The summed E-state index contributed by atoms with van der Waals surface area (Å²) in [7, 11) is 0. The molecule has 1 aromatic heterocycles. The smallest absolute Gasteiger partial charge is 0.171 e. The minimum Gasteiger partial charge on any atom is -0.490 e. The van der Waals surface area contributed by atoms with E-state index in [9.17, 15) is 0 Å². The quantitative estimate of drug-likeness (QED) is 0.755. The highest BCUT2D eigenvalue weighted by atomic mass is 35.5. The first-order valence-corrected chi connectivity index (χ1v) is 7.99. The lowest BCUT2D eigenvalue weighted by molar-refractivity contribution is 0.310. The lowest BCUT2D eigenvalue weighted by Crippen LogP contribution is -2.32. The molecule has 0 bridgehead atoms. The molecule has 0 unspecified atom stereocenters. The summed E-state index contributed by atoms with van der Waals surface area (Å²) in [6.45, 7) is 7.99. The number of rotatable bonds is 6. The van der Waals surface area contributed by atoms with E-state index in [-0.39, 0.29) is 0 Å².